The highest BCUT2D eigenvalue weighted by molar-refractivity contribution is 5.88. The van der Waals surface area contributed by atoms with Gasteiger partial charge >= 0.3 is 12.6 Å². The molecule has 6 nitrogen and oxygen atoms in total. The fourth-order valence-corrected chi connectivity index (χ4v) is 2.17. The molecule has 1 saturated heterocycles. The Kier molecular flexibility index (Phi) is 4.92. The summed E-state index contributed by atoms with van der Waals surface area (Å²) in [5.74, 6) is -1.63. The Labute approximate surface area is 125 Å². The van der Waals surface area contributed by atoms with Crippen molar-refractivity contribution in [3.8, 4) is 5.75 Å². The number of benzene rings is 1. The van der Waals surface area contributed by atoms with E-state index >= 15 is 0 Å². The number of ether oxygens (including phenoxy) is 2. The van der Waals surface area contributed by atoms with E-state index in [-0.39, 0.29) is 31.8 Å². The van der Waals surface area contributed by atoms with E-state index in [1.54, 1.807) is 0 Å². The number of hydrogen-bond acceptors (Lipinski definition) is 4. The fourth-order valence-electron chi connectivity index (χ4n) is 2.17. The van der Waals surface area contributed by atoms with Crippen molar-refractivity contribution in [1.82, 2.24) is 5.32 Å². The first-order chi connectivity index (χ1) is 10.4. The molecule has 2 N–H and O–H groups in total. The van der Waals surface area contributed by atoms with Crippen LogP contribution in [0.2, 0.25) is 0 Å². The van der Waals surface area contributed by atoms with Crippen molar-refractivity contribution >= 4 is 11.9 Å². The SMILES string of the molecule is O=C(Cc1ccc(OC(F)F)cc1)NC1(C(=O)O)CCOC1. The molecule has 0 spiro atoms. The van der Waals surface area contributed by atoms with Gasteiger partial charge in [-0.3, -0.25) is 4.79 Å². The van der Waals surface area contributed by atoms with Gasteiger partial charge in [0, 0.05) is 13.0 Å². The van der Waals surface area contributed by atoms with Crippen LogP contribution >= 0.6 is 0 Å². The van der Waals surface area contributed by atoms with Crippen LogP contribution in [0.15, 0.2) is 24.3 Å². The van der Waals surface area contributed by atoms with E-state index in [9.17, 15) is 23.5 Å². The van der Waals surface area contributed by atoms with E-state index < -0.39 is 24.0 Å². The topological polar surface area (TPSA) is 84.9 Å². The minimum Gasteiger partial charge on any atom is -0.479 e. The standard InChI is InChI=1S/C14H15F2NO5/c15-13(16)22-10-3-1-9(2-4-10)7-11(18)17-14(12(19)20)5-6-21-8-14/h1-4,13H,5-8H2,(H,17,18)(H,19,20). The van der Waals surface area contributed by atoms with Crippen LogP contribution in [0.3, 0.4) is 0 Å². The maximum Gasteiger partial charge on any atom is 0.387 e. The number of hydrogen-bond donors (Lipinski definition) is 2. The van der Waals surface area contributed by atoms with Gasteiger partial charge in [-0.15, -0.1) is 0 Å². The second-order valence-electron chi connectivity index (χ2n) is 4.94. The molecule has 1 amide bonds. The van der Waals surface area contributed by atoms with Gasteiger partial charge in [-0.25, -0.2) is 4.79 Å². The van der Waals surface area contributed by atoms with Crippen LogP contribution in [0.25, 0.3) is 0 Å². The van der Waals surface area contributed by atoms with Gasteiger partial charge < -0.3 is 19.9 Å². The molecule has 1 aliphatic heterocycles. The van der Waals surface area contributed by atoms with Crippen molar-refractivity contribution in [1.29, 1.82) is 0 Å². The van der Waals surface area contributed by atoms with E-state index in [0.29, 0.717) is 5.56 Å². The predicted molar refractivity (Wildman–Crippen MR) is 70.7 cm³/mol. The third kappa shape index (κ3) is 3.91. The average Bonchev–Trinajstić information content (AvgIpc) is 2.90. The first-order valence-corrected chi connectivity index (χ1v) is 6.57. The van der Waals surface area contributed by atoms with Crippen LogP contribution < -0.4 is 10.1 Å². The molecule has 1 heterocycles. The molecule has 1 unspecified atom stereocenters. The van der Waals surface area contributed by atoms with E-state index in [2.05, 4.69) is 10.1 Å². The zero-order valence-electron chi connectivity index (χ0n) is 11.6. The Morgan fingerprint density at radius 3 is 2.55 bits per heavy atom. The van der Waals surface area contributed by atoms with Crippen LogP contribution in [-0.4, -0.2) is 42.3 Å². The quantitative estimate of drug-likeness (QED) is 0.824. The molecule has 120 valence electrons. The van der Waals surface area contributed by atoms with E-state index in [0.717, 1.165) is 0 Å². The normalized spacial score (nSPS) is 20.9. The summed E-state index contributed by atoms with van der Waals surface area (Å²) < 4.78 is 33.3. The van der Waals surface area contributed by atoms with Crippen molar-refractivity contribution in [2.75, 3.05) is 13.2 Å². The number of carbonyl (C=O) groups is 2. The van der Waals surface area contributed by atoms with Crippen LogP contribution in [0, 0.1) is 0 Å². The predicted octanol–water partition coefficient (Wildman–Crippen LogP) is 1.19. The Hall–Kier alpha value is -2.22. The molecular weight excluding hydrogens is 300 g/mol. The van der Waals surface area contributed by atoms with Gasteiger partial charge in [0.25, 0.3) is 0 Å². The van der Waals surface area contributed by atoms with E-state index in [1.807, 2.05) is 0 Å². The summed E-state index contributed by atoms with van der Waals surface area (Å²) in [5.41, 5.74) is -0.839. The third-order valence-electron chi connectivity index (χ3n) is 3.32. The number of carboxylic acid groups (broad SMARTS) is 1. The Morgan fingerprint density at radius 2 is 2.05 bits per heavy atom. The second kappa shape index (κ2) is 6.69. The largest absolute Gasteiger partial charge is 0.479 e. The van der Waals surface area contributed by atoms with Crippen LogP contribution in [0.1, 0.15) is 12.0 Å². The number of alkyl halides is 2. The smallest absolute Gasteiger partial charge is 0.387 e. The number of rotatable bonds is 6. The lowest BCUT2D eigenvalue weighted by atomic mass is 9.98. The number of carboxylic acids is 1. The van der Waals surface area contributed by atoms with Crippen LogP contribution in [0.5, 0.6) is 5.75 Å². The Bertz CT molecular complexity index is 541. The number of aliphatic carboxylic acids is 1. The highest BCUT2D eigenvalue weighted by atomic mass is 19.3. The lowest BCUT2D eigenvalue weighted by molar-refractivity contribution is -0.147. The summed E-state index contributed by atoms with van der Waals surface area (Å²) in [4.78, 5) is 23.2. The van der Waals surface area contributed by atoms with Gasteiger partial charge in [0.15, 0.2) is 5.54 Å². The first kappa shape index (κ1) is 16.2. The molecule has 2 rings (SSSR count). The van der Waals surface area contributed by atoms with Gasteiger partial charge in [0.1, 0.15) is 5.75 Å². The van der Waals surface area contributed by atoms with Gasteiger partial charge in [0.2, 0.25) is 5.91 Å². The molecule has 0 aromatic heterocycles. The zero-order chi connectivity index (χ0) is 16.2. The molecule has 1 aromatic rings. The van der Waals surface area contributed by atoms with Crippen molar-refractivity contribution < 1.29 is 33.0 Å². The molecule has 0 radical (unpaired) electrons. The van der Waals surface area contributed by atoms with Gasteiger partial charge in [-0.2, -0.15) is 8.78 Å². The molecular formula is C14H15F2NO5. The fraction of sp³-hybridized carbons (Fsp3) is 0.429. The summed E-state index contributed by atoms with van der Waals surface area (Å²) in [7, 11) is 0. The maximum atomic E-state index is 12.0. The van der Waals surface area contributed by atoms with Gasteiger partial charge in [-0.05, 0) is 17.7 Å². The first-order valence-electron chi connectivity index (χ1n) is 6.57. The molecule has 1 aromatic carbocycles. The third-order valence-corrected chi connectivity index (χ3v) is 3.32. The van der Waals surface area contributed by atoms with E-state index in [1.165, 1.54) is 24.3 Å². The number of carbonyl (C=O) groups excluding carboxylic acids is 1. The average molecular weight is 315 g/mol. The summed E-state index contributed by atoms with van der Waals surface area (Å²) in [6.45, 7) is -2.71. The molecule has 1 fully saturated rings. The van der Waals surface area contributed by atoms with E-state index in [4.69, 9.17) is 4.74 Å². The Balaban J connectivity index is 1.95. The molecule has 1 atom stereocenters. The molecule has 0 bridgehead atoms. The van der Waals surface area contributed by atoms with Crippen LogP contribution in [0.4, 0.5) is 8.78 Å². The summed E-state index contributed by atoms with van der Waals surface area (Å²) in [6, 6.07) is 5.58. The second-order valence-corrected chi connectivity index (χ2v) is 4.94. The van der Waals surface area contributed by atoms with Crippen LogP contribution in [-0.2, 0) is 20.7 Å². The molecule has 8 heteroatoms. The zero-order valence-corrected chi connectivity index (χ0v) is 11.6. The number of amides is 1. The van der Waals surface area contributed by atoms with Gasteiger partial charge in [0.05, 0.1) is 13.0 Å². The molecule has 0 aliphatic carbocycles. The minimum atomic E-state index is -2.91. The van der Waals surface area contributed by atoms with Crippen molar-refractivity contribution in [3.05, 3.63) is 29.8 Å². The lowest BCUT2D eigenvalue weighted by Crippen LogP contribution is -2.55. The monoisotopic (exact) mass is 315 g/mol. The molecule has 22 heavy (non-hydrogen) atoms. The summed E-state index contributed by atoms with van der Waals surface area (Å²) >= 11 is 0. The van der Waals surface area contributed by atoms with Crippen molar-refractivity contribution in [3.63, 3.8) is 0 Å². The Morgan fingerprint density at radius 1 is 1.36 bits per heavy atom. The van der Waals surface area contributed by atoms with Crippen molar-refractivity contribution in [2.24, 2.45) is 0 Å². The maximum absolute atomic E-state index is 12.0. The highest BCUT2D eigenvalue weighted by Crippen LogP contribution is 2.20. The number of halogens is 2. The number of nitrogens with one attached hydrogen (secondary N) is 1. The summed E-state index contributed by atoms with van der Waals surface area (Å²) in [6.07, 6.45) is 0.138. The highest BCUT2D eigenvalue weighted by Gasteiger charge is 2.43. The van der Waals surface area contributed by atoms with Gasteiger partial charge in [-0.1, -0.05) is 12.1 Å². The summed E-state index contributed by atoms with van der Waals surface area (Å²) in [5, 5.41) is 11.7. The molecule has 0 saturated carbocycles. The lowest BCUT2D eigenvalue weighted by Gasteiger charge is -2.23. The molecule has 1 aliphatic rings. The minimum absolute atomic E-state index is 0.00893. The van der Waals surface area contributed by atoms with Crippen molar-refractivity contribution in [2.45, 2.75) is 25.0 Å².